The standard InChI is InChI=1S/C23H22ClF3N6S/c1-2-14-19-23(14,29)8-16-17(11(9-28)10-31-22(26)27)18(13-4-3-12(25)7-15(13)24)32-20(33(16)19)21-30-5-6-34-21/h3-7,9-10,14,18-19,22,28,31H,2,8,29H2,1H3/b11-10+,28-9?/t14-,18+,19?,23+/m1/s1. The predicted octanol–water partition coefficient (Wildman–Crippen LogP) is 4.85. The molecular weight excluding hydrogens is 485 g/mol. The molecule has 2 aromatic rings. The van der Waals surface area contributed by atoms with Crippen molar-refractivity contribution in [1.82, 2.24) is 15.2 Å². The molecule has 1 saturated heterocycles. The zero-order chi connectivity index (χ0) is 24.2. The number of hydrogen-bond acceptors (Lipinski definition) is 7. The molecule has 1 unspecified atom stereocenters. The highest BCUT2D eigenvalue weighted by atomic mass is 35.5. The Labute approximate surface area is 203 Å². The molecule has 2 fully saturated rings. The van der Waals surface area contributed by atoms with Crippen LogP contribution in [0.5, 0.6) is 0 Å². The second kappa shape index (κ2) is 8.51. The Hall–Kier alpha value is -2.69. The fourth-order valence-electron chi connectivity index (χ4n) is 5.33. The summed E-state index contributed by atoms with van der Waals surface area (Å²) in [6.07, 6.45) is 5.18. The first kappa shape index (κ1) is 23.1. The van der Waals surface area contributed by atoms with Crippen molar-refractivity contribution in [2.75, 3.05) is 0 Å². The summed E-state index contributed by atoms with van der Waals surface area (Å²) >= 11 is 7.86. The van der Waals surface area contributed by atoms with Crippen LogP contribution in [0.4, 0.5) is 13.2 Å². The highest BCUT2D eigenvalue weighted by Crippen LogP contribution is 2.61. The first-order valence-corrected chi connectivity index (χ1v) is 12.0. The third-order valence-corrected chi connectivity index (χ3v) is 7.87. The van der Waals surface area contributed by atoms with Gasteiger partial charge in [0.1, 0.15) is 11.9 Å². The molecule has 5 rings (SSSR count). The number of amidine groups is 1. The number of hydrogen-bond donors (Lipinski definition) is 3. The van der Waals surface area contributed by atoms with Crippen molar-refractivity contribution < 1.29 is 13.2 Å². The Morgan fingerprint density at radius 3 is 2.88 bits per heavy atom. The van der Waals surface area contributed by atoms with Gasteiger partial charge in [-0.15, -0.1) is 11.3 Å². The van der Waals surface area contributed by atoms with Gasteiger partial charge in [0.2, 0.25) is 0 Å². The minimum atomic E-state index is -2.80. The molecule has 178 valence electrons. The van der Waals surface area contributed by atoms with Crippen LogP contribution in [0.3, 0.4) is 0 Å². The van der Waals surface area contributed by atoms with Crippen molar-refractivity contribution in [1.29, 1.82) is 5.41 Å². The number of nitrogens with one attached hydrogen (secondary N) is 2. The molecule has 6 nitrogen and oxygen atoms in total. The summed E-state index contributed by atoms with van der Waals surface area (Å²) in [6, 6.07) is 3.24. The average Bonchev–Trinajstić information content (AvgIpc) is 3.15. The van der Waals surface area contributed by atoms with E-state index in [1.165, 1.54) is 29.5 Å². The van der Waals surface area contributed by atoms with Gasteiger partial charge in [-0.2, -0.15) is 8.78 Å². The number of halogens is 4. The van der Waals surface area contributed by atoms with Crippen molar-refractivity contribution in [3.63, 3.8) is 0 Å². The van der Waals surface area contributed by atoms with Gasteiger partial charge < -0.3 is 21.4 Å². The molecule has 11 heteroatoms. The predicted molar refractivity (Wildman–Crippen MR) is 127 cm³/mol. The summed E-state index contributed by atoms with van der Waals surface area (Å²) in [4.78, 5) is 11.5. The number of piperidine rings is 1. The third-order valence-electron chi connectivity index (χ3n) is 6.77. The van der Waals surface area contributed by atoms with Gasteiger partial charge in [-0.3, -0.25) is 4.99 Å². The topological polar surface area (TPSA) is 90.4 Å². The quantitative estimate of drug-likeness (QED) is 0.370. The van der Waals surface area contributed by atoms with Crippen molar-refractivity contribution >= 4 is 35.0 Å². The average molecular weight is 507 g/mol. The Balaban J connectivity index is 1.74. The normalized spacial score (nSPS) is 28.1. The van der Waals surface area contributed by atoms with Crippen LogP contribution in [0.2, 0.25) is 5.02 Å². The van der Waals surface area contributed by atoms with Crippen molar-refractivity contribution in [3.05, 3.63) is 74.2 Å². The lowest BCUT2D eigenvalue weighted by atomic mass is 9.88. The van der Waals surface area contributed by atoms with Gasteiger partial charge in [0.25, 0.3) is 0 Å². The van der Waals surface area contributed by atoms with Crippen molar-refractivity contribution in [3.8, 4) is 0 Å². The number of rotatable bonds is 7. The van der Waals surface area contributed by atoms with E-state index in [1.54, 1.807) is 6.20 Å². The zero-order valence-corrected chi connectivity index (χ0v) is 19.7. The second-order valence-corrected chi connectivity index (χ2v) is 9.85. The molecule has 1 aliphatic carbocycles. The lowest BCUT2D eigenvalue weighted by Crippen LogP contribution is -2.37. The lowest BCUT2D eigenvalue weighted by Gasteiger charge is -2.35. The Morgan fingerprint density at radius 1 is 1.47 bits per heavy atom. The fourth-order valence-corrected chi connectivity index (χ4v) is 6.23. The molecule has 4 N–H and O–H groups in total. The Bertz CT molecular complexity index is 1230. The van der Waals surface area contributed by atoms with E-state index < -0.39 is 23.9 Å². The maximum absolute atomic E-state index is 13.8. The molecule has 34 heavy (non-hydrogen) atoms. The Kier molecular flexibility index (Phi) is 5.78. The molecule has 2 aliphatic heterocycles. The smallest absolute Gasteiger partial charge is 0.312 e. The van der Waals surface area contributed by atoms with Gasteiger partial charge in [0.15, 0.2) is 10.8 Å². The minimum Gasteiger partial charge on any atom is -0.336 e. The van der Waals surface area contributed by atoms with Gasteiger partial charge in [-0.05, 0) is 24.1 Å². The number of benzene rings is 1. The van der Waals surface area contributed by atoms with Crippen molar-refractivity contribution in [2.24, 2.45) is 16.6 Å². The van der Waals surface area contributed by atoms with Crippen LogP contribution in [0.1, 0.15) is 36.4 Å². The van der Waals surface area contributed by atoms with Gasteiger partial charge >= 0.3 is 6.55 Å². The first-order valence-electron chi connectivity index (χ1n) is 10.8. The van der Waals surface area contributed by atoms with E-state index in [9.17, 15) is 13.2 Å². The van der Waals surface area contributed by atoms with Crippen molar-refractivity contribution in [2.45, 2.75) is 43.9 Å². The molecule has 1 saturated carbocycles. The SMILES string of the molecule is CC[C@@H]1C2N3C(c4nccs4)=N[C@@H](c4ccc(F)cc4Cl)C(/C(C=N)=C/NC(F)F)=C3C[C@@]21N. The van der Waals surface area contributed by atoms with E-state index in [1.807, 2.05) is 10.7 Å². The summed E-state index contributed by atoms with van der Waals surface area (Å²) < 4.78 is 39.8. The lowest BCUT2D eigenvalue weighted by molar-refractivity contribution is 0.125. The molecule has 4 atom stereocenters. The van der Waals surface area contributed by atoms with E-state index in [0.29, 0.717) is 28.4 Å². The maximum atomic E-state index is 13.8. The monoisotopic (exact) mass is 506 g/mol. The van der Waals surface area contributed by atoms with Crippen LogP contribution in [0.25, 0.3) is 0 Å². The van der Waals surface area contributed by atoms with Crippen LogP contribution in [0, 0.1) is 17.1 Å². The molecular formula is C23H22ClF3N6S. The van der Waals surface area contributed by atoms with Gasteiger partial charge in [0.05, 0.1) is 6.04 Å². The highest BCUT2D eigenvalue weighted by Gasteiger charge is 2.70. The summed E-state index contributed by atoms with van der Waals surface area (Å²) in [5, 5.41) is 12.7. The number of nitrogens with zero attached hydrogens (tertiary/aromatic N) is 3. The molecule has 1 aromatic carbocycles. The molecule has 3 heterocycles. The fraction of sp³-hybridized carbons (Fsp3) is 0.348. The van der Waals surface area contributed by atoms with E-state index in [4.69, 9.17) is 27.7 Å². The largest absolute Gasteiger partial charge is 0.336 e. The molecule has 1 aromatic heterocycles. The summed E-state index contributed by atoms with van der Waals surface area (Å²) in [6.45, 7) is -0.715. The number of alkyl halides is 2. The van der Waals surface area contributed by atoms with Gasteiger partial charge in [-0.1, -0.05) is 24.6 Å². The van der Waals surface area contributed by atoms with Gasteiger partial charge in [-0.25, -0.2) is 9.37 Å². The minimum absolute atomic E-state index is 0.00942. The van der Waals surface area contributed by atoms with E-state index >= 15 is 0 Å². The maximum Gasteiger partial charge on any atom is 0.312 e. The molecule has 3 aliphatic rings. The number of fused-ring (bicyclic) bond motifs is 3. The number of nitrogens with two attached hydrogens (primary N) is 1. The first-order chi connectivity index (χ1) is 16.3. The molecule has 0 amide bonds. The van der Waals surface area contributed by atoms with E-state index in [0.717, 1.165) is 24.5 Å². The molecule has 0 radical (unpaired) electrons. The van der Waals surface area contributed by atoms with Gasteiger partial charge in [0, 0.05) is 63.7 Å². The third kappa shape index (κ3) is 3.55. The number of thiazole rings is 1. The van der Waals surface area contributed by atoms with Crippen LogP contribution >= 0.6 is 22.9 Å². The summed E-state index contributed by atoms with van der Waals surface area (Å²) in [7, 11) is 0. The Morgan fingerprint density at radius 2 is 2.26 bits per heavy atom. The summed E-state index contributed by atoms with van der Waals surface area (Å²) in [5.74, 6) is 0.374. The van der Waals surface area contributed by atoms with Crippen LogP contribution in [0.15, 0.2) is 57.8 Å². The second-order valence-electron chi connectivity index (χ2n) is 8.55. The van der Waals surface area contributed by atoms with Crippen LogP contribution in [-0.2, 0) is 0 Å². The van der Waals surface area contributed by atoms with Crippen LogP contribution in [-0.4, -0.2) is 40.1 Å². The highest BCUT2D eigenvalue weighted by molar-refractivity contribution is 7.11. The summed E-state index contributed by atoms with van der Waals surface area (Å²) in [5.41, 5.74) is 8.39. The van der Waals surface area contributed by atoms with Crippen LogP contribution < -0.4 is 11.1 Å². The number of aromatic nitrogens is 1. The number of aliphatic imine (C=N–C) groups is 1. The molecule has 0 spiro atoms. The molecule has 0 bridgehead atoms. The van der Waals surface area contributed by atoms with E-state index in [-0.39, 0.29) is 22.6 Å². The van der Waals surface area contributed by atoms with E-state index in [2.05, 4.69) is 16.8 Å². The zero-order valence-electron chi connectivity index (χ0n) is 18.1.